The van der Waals surface area contributed by atoms with Gasteiger partial charge in [-0.1, -0.05) is 24.3 Å². The Bertz CT molecular complexity index is 750. The molecule has 2 aromatic rings. The highest BCUT2D eigenvalue weighted by Gasteiger charge is 2.26. The number of hydrogen-bond donors (Lipinski definition) is 0. The molecule has 130 valence electrons. The van der Waals surface area contributed by atoms with E-state index in [9.17, 15) is 4.79 Å². The largest absolute Gasteiger partial charge is 0.357 e. The molecular formula is C21H25N3O. The van der Waals surface area contributed by atoms with Gasteiger partial charge in [0.25, 0.3) is 5.91 Å². The van der Waals surface area contributed by atoms with Crippen molar-refractivity contribution in [2.24, 2.45) is 0 Å². The molecule has 1 aliphatic heterocycles. The molecule has 4 nitrogen and oxygen atoms in total. The molecular weight excluding hydrogens is 310 g/mol. The number of benzene rings is 1. The second-order valence-corrected chi connectivity index (χ2v) is 7.18. The molecule has 1 aliphatic carbocycles. The number of amides is 1. The van der Waals surface area contributed by atoms with Gasteiger partial charge in [-0.05, 0) is 55.4 Å². The highest BCUT2D eigenvalue weighted by molar-refractivity contribution is 5.94. The first-order valence-corrected chi connectivity index (χ1v) is 9.27. The maximum absolute atomic E-state index is 12.9. The van der Waals surface area contributed by atoms with E-state index in [0.717, 1.165) is 38.2 Å². The minimum atomic E-state index is 0.0739. The van der Waals surface area contributed by atoms with Crippen molar-refractivity contribution in [3.63, 3.8) is 0 Å². The summed E-state index contributed by atoms with van der Waals surface area (Å²) in [6.45, 7) is 2.14. The van der Waals surface area contributed by atoms with Crippen LogP contribution >= 0.6 is 0 Å². The van der Waals surface area contributed by atoms with E-state index in [-0.39, 0.29) is 11.9 Å². The first-order chi connectivity index (χ1) is 12.2. The van der Waals surface area contributed by atoms with E-state index in [4.69, 9.17) is 0 Å². The first kappa shape index (κ1) is 16.1. The number of nitrogens with zero attached hydrogens (tertiary/aromatic N) is 3. The number of carbonyl (C=O) groups is 1. The van der Waals surface area contributed by atoms with Crippen LogP contribution in [0.4, 0.5) is 5.82 Å². The number of fused-ring (bicyclic) bond motifs is 1. The predicted molar refractivity (Wildman–Crippen MR) is 100 cm³/mol. The monoisotopic (exact) mass is 335 g/mol. The Morgan fingerprint density at radius 2 is 1.88 bits per heavy atom. The van der Waals surface area contributed by atoms with Gasteiger partial charge in [0.2, 0.25) is 0 Å². The third-order valence-electron chi connectivity index (χ3n) is 5.61. The van der Waals surface area contributed by atoms with Crippen molar-refractivity contribution in [2.75, 3.05) is 25.0 Å². The van der Waals surface area contributed by atoms with E-state index in [1.165, 1.54) is 24.0 Å². The van der Waals surface area contributed by atoms with Crippen molar-refractivity contribution >= 4 is 11.7 Å². The summed E-state index contributed by atoms with van der Waals surface area (Å²) in [6.07, 6.45) is 7.21. The van der Waals surface area contributed by atoms with Crippen LogP contribution in [0.5, 0.6) is 0 Å². The number of aromatic nitrogens is 1. The molecule has 0 spiro atoms. The van der Waals surface area contributed by atoms with Crippen LogP contribution in [0.25, 0.3) is 0 Å². The summed E-state index contributed by atoms with van der Waals surface area (Å²) in [7, 11) is 1.93. The molecule has 1 saturated heterocycles. The number of rotatable bonds is 3. The second-order valence-electron chi connectivity index (χ2n) is 7.18. The molecule has 0 radical (unpaired) electrons. The molecule has 2 heterocycles. The van der Waals surface area contributed by atoms with Crippen molar-refractivity contribution in [1.82, 2.24) is 9.88 Å². The normalized spacial score (nSPS) is 19.6. The molecule has 25 heavy (non-hydrogen) atoms. The van der Waals surface area contributed by atoms with Crippen LogP contribution in [-0.2, 0) is 12.8 Å². The van der Waals surface area contributed by atoms with E-state index < -0.39 is 0 Å². The summed E-state index contributed by atoms with van der Waals surface area (Å²) >= 11 is 0. The molecule has 0 N–H and O–H groups in total. The van der Waals surface area contributed by atoms with Gasteiger partial charge in [-0.3, -0.25) is 4.79 Å². The van der Waals surface area contributed by atoms with Gasteiger partial charge in [-0.2, -0.15) is 0 Å². The fourth-order valence-corrected chi connectivity index (χ4v) is 4.02. The highest BCUT2D eigenvalue weighted by atomic mass is 16.2. The Kier molecular flexibility index (Phi) is 4.43. The number of anilines is 1. The molecule has 1 amide bonds. The molecule has 1 aromatic carbocycles. The fraction of sp³-hybridized carbons (Fsp3) is 0.429. The maximum Gasteiger partial charge on any atom is 0.255 e. The number of aryl methyl sites for hydroxylation is 1. The molecule has 1 unspecified atom stereocenters. The number of likely N-dealkylation sites (N-methyl/N-ethyl adjacent to an activating group) is 1. The Labute approximate surface area is 149 Å². The van der Waals surface area contributed by atoms with E-state index in [0.29, 0.717) is 5.56 Å². The smallest absolute Gasteiger partial charge is 0.255 e. The maximum atomic E-state index is 12.9. The zero-order valence-electron chi connectivity index (χ0n) is 14.8. The minimum absolute atomic E-state index is 0.0739. The molecule has 1 atom stereocenters. The highest BCUT2D eigenvalue weighted by Crippen LogP contribution is 2.25. The lowest BCUT2D eigenvalue weighted by Gasteiger charge is -2.32. The molecule has 1 aromatic heterocycles. The Morgan fingerprint density at radius 3 is 2.60 bits per heavy atom. The van der Waals surface area contributed by atoms with E-state index in [2.05, 4.69) is 34.1 Å². The lowest BCUT2D eigenvalue weighted by atomic mass is 9.87. The molecule has 4 rings (SSSR count). The summed E-state index contributed by atoms with van der Waals surface area (Å²) in [5.74, 6) is 1.06. The average molecular weight is 335 g/mol. The van der Waals surface area contributed by atoms with Crippen LogP contribution in [0, 0.1) is 0 Å². The van der Waals surface area contributed by atoms with Gasteiger partial charge in [0, 0.05) is 32.4 Å². The molecule has 1 fully saturated rings. The average Bonchev–Trinajstić information content (AvgIpc) is 3.21. The topological polar surface area (TPSA) is 36.4 Å². The number of hydrogen-bond acceptors (Lipinski definition) is 3. The SMILES string of the molecule is CN(C(=O)c1ccc(N2CCCC2)nc1)C1CCc2ccccc2C1. The van der Waals surface area contributed by atoms with Gasteiger partial charge < -0.3 is 9.80 Å². The first-order valence-electron chi connectivity index (χ1n) is 9.27. The predicted octanol–water partition coefficient (Wildman–Crippen LogP) is 3.31. The van der Waals surface area contributed by atoms with Gasteiger partial charge in [0.1, 0.15) is 5.82 Å². The van der Waals surface area contributed by atoms with Crippen molar-refractivity contribution in [3.05, 3.63) is 59.3 Å². The van der Waals surface area contributed by atoms with Crippen molar-refractivity contribution in [2.45, 2.75) is 38.1 Å². The zero-order valence-corrected chi connectivity index (χ0v) is 14.8. The Balaban J connectivity index is 1.45. The van der Waals surface area contributed by atoms with Crippen LogP contribution < -0.4 is 4.90 Å². The number of carbonyl (C=O) groups excluding carboxylic acids is 1. The molecule has 2 aliphatic rings. The van der Waals surface area contributed by atoms with Crippen molar-refractivity contribution in [1.29, 1.82) is 0 Å². The van der Waals surface area contributed by atoms with Crippen LogP contribution in [0.3, 0.4) is 0 Å². The zero-order chi connectivity index (χ0) is 17.2. The van der Waals surface area contributed by atoms with Crippen LogP contribution in [0.2, 0.25) is 0 Å². The van der Waals surface area contributed by atoms with Crippen LogP contribution in [-0.4, -0.2) is 42.0 Å². The third kappa shape index (κ3) is 3.26. The second kappa shape index (κ2) is 6.87. The summed E-state index contributed by atoms with van der Waals surface area (Å²) in [5, 5.41) is 0. The van der Waals surface area contributed by atoms with Gasteiger partial charge in [-0.15, -0.1) is 0 Å². The third-order valence-corrected chi connectivity index (χ3v) is 5.61. The van der Waals surface area contributed by atoms with Gasteiger partial charge >= 0.3 is 0 Å². The summed E-state index contributed by atoms with van der Waals surface area (Å²) in [6, 6.07) is 12.8. The van der Waals surface area contributed by atoms with E-state index in [1.807, 2.05) is 24.1 Å². The molecule has 0 saturated carbocycles. The Hall–Kier alpha value is -2.36. The lowest BCUT2D eigenvalue weighted by Crippen LogP contribution is -2.40. The van der Waals surface area contributed by atoms with Crippen molar-refractivity contribution < 1.29 is 4.79 Å². The van der Waals surface area contributed by atoms with E-state index in [1.54, 1.807) is 6.20 Å². The van der Waals surface area contributed by atoms with Gasteiger partial charge in [0.15, 0.2) is 0 Å². The van der Waals surface area contributed by atoms with Gasteiger partial charge in [0.05, 0.1) is 5.56 Å². The van der Waals surface area contributed by atoms with Crippen LogP contribution in [0.1, 0.15) is 40.7 Å². The van der Waals surface area contributed by atoms with Crippen LogP contribution in [0.15, 0.2) is 42.6 Å². The fourth-order valence-electron chi connectivity index (χ4n) is 4.02. The minimum Gasteiger partial charge on any atom is -0.357 e. The quantitative estimate of drug-likeness (QED) is 0.863. The molecule has 4 heteroatoms. The Morgan fingerprint density at radius 1 is 1.12 bits per heavy atom. The summed E-state index contributed by atoms with van der Waals surface area (Å²) in [4.78, 5) is 21.6. The number of pyridine rings is 1. The van der Waals surface area contributed by atoms with Crippen molar-refractivity contribution in [3.8, 4) is 0 Å². The lowest BCUT2D eigenvalue weighted by molar-refractivity contribution is 0.0718. The van der Waals surface area contributed by atoms with Gasteiger partial charge in [-0.25, -0.2) is 4.98 Å². The summed E-state index contributed by atoms with van der Waals surface area (Å²) < 4.78 is 0. The van der Waals surface area contributed by atoms with E-state index >= 15 is 0 Å². The standard InChI is InChI=1S/C21H25N3O/c1-23(19-10-8-16-6-2-3-7-17(16)14-19)21(25)18-9-11-20(22-15-18)24-12-4-5-13-24/h2-3,6-7,9,11,15,19H,4-5,8,10,12-14H2,1H3. The molecule has 0 bridgehead atoms. The summed E-state index contributed by atoms with van der Waals surface area (Å²) in [5.41, 5.74) is 3.49.